The second kappa shape index (κ2) is 5.84. The molecule has 2 bridgehead atoms. The molecule has 130 valence electrons. The van der Waals surface area contributed by atoms with Gasteiger partial charge in [0.25, 0.3) is 5.69 Å². The van der Waals surface area contributed by atoms with Crippen LogP contribution >= 0.6 is 0 Å². The van der Waals surface area contributed by atoms with Crippen molar-refractivity contribution >= 4 is 17.6 Å². The smallest absolute Gasteiger partial charge is 0.335 e. The van der Waals surface area contributed by atoms with Gasteiger partial charge in [-0.3, -0.25) is 10.1 Å². The number of nitrogens with zero attached hydrogens (tertiary/aromatic N) is 1. The van der Waals surface area contributed by atoms with Crippen molar-refractivity contribution in [3.63, 3.8) is 0 Å². The first-order valence-corrected chi connectivity index (χ1v) is 7.69. The Hall–Kier alpha value is -2.96. The molecule has 0 aromatic heterocycles. The fourth-order valence-electron chi connectivity index (χ4n) is 3.84. The molecule has 7 nitrogen and oxygen atoms in total. The molecule has 2 atom stereocenters. The minimum atomic E-state index is -0.626. The number of hydrogen-bond donors (Lipinski definition) is 0. The summed E-state index contributed by atoms with van der Waals surface area (Å²) in [5.74, 6) is -2.24. The number of hydrogen-bond acceptors (Lipinski definition) is 6. The van der Waals surface area contributed by atoms with Gasteiger partial charge in [0.05, 0.1) is 30.3 Å². The molecule has 0 saturated carbocycles. The zero-order valence-electron chi connectivity index (χ0n) is 14.3. The summed E-state index contributed by atoms with van der Waals surface area (Å²) < 4.78 is 9.77. The topological polar surface area (TPSA) is 95.7 Å². The zero-order valence-corrected chi connectivity index (χ0v) is 14.3. The minimum Gasteiger partial charge on any atom is -0.466 e. The quantitative estimate of drug-likeness (QED) is 0.362. The van der Waals surface area contributed by atoms with Crippen molar-refractivity contribution in [2.45, 2.75) is 25.7 Å². The van der Waals surface area contributed by atoms with Gasteiger partial charge >= 0.3 is 11.9 Å². The molecule has 0 saturated heterocycles. The van der Waals surface area contributed by atoms with Gasteiger partial charge < -0.3 is 9.47 Å². The highest BCUT2D eigenvalue weighted by molar-refractivity contribution is 6.05. The maximum Gasteiger partial charge on any atom is 0.335 e. The lowest BCUT2D eigenvalue weighted by atomic mass is 9.61. The number of nitro groups is 1. The Bertz CT molecular complexity index is 880. The monoisotopic (exact) mass is 343 g/mol. The molecular weight excluding hydrogens is 326 g/mol. The highest BCUT2D eigenvalue weighted by atomic mass is 16.6. The lowest BCUT2D eigenvalue weighted by Gasteiger charge is -2.41. The van der Waals surface area contributed by atoms with Gasteiger partial charge in [0.2, 0.25) is 0 Å². The van der Waals surface area contributed by atoms with Gasteiger partial charge in [0, 0.05) is 24.0 Å². The van der Waals surface area contributed by atoms with Gasteiger partial charge in [-0.1, -0.05) is 17.2 Å². The molecule has 0 amide bonds. The predicted molar refractivity (Wildman–Crippen MR) is 88.0 cm³/mol. The van der Waals surface area contributed by atoms with Gasteiger partial charge in [-0.05, 0) is 25.0 Å². The molecule has 1 aromatic carbocycles. The standard InChI is InChI=1S/C18H17NO6/c1-8-9(2)14-12-7-10(19(22)23)5-6-11(12)13(8)15(17(20)24-3)16(14)18(21)25-4/h5-7,13-14H,1-4H3/t13-,14+/m1/s1. The third kappa shape index (κ3) is 2.26. The summed E-state index contributed by atoms with van der Waals surface area (Å²) in [5.41, 5.74) is 3.69. The van der Waals surface area contributed by atoms with E-state index in [9.17, 15) is 19.7 Å². The molecule has 4 rings (SSSR count). The number of rotatable bonds is 3. The molecule has 3 aliphatic carbocycles. The van der Waals surface area contributed by atoms with Crippen molar-refractivity contribution in [2.24, 2.45) is 0 Å². The van der Waals surface area contributed by atoms with Crippen LogP contribution in [0, 0.1) is 10.1 Å². The van der Waals surface area contributed by atoms with Crippen molar-refractivity contribution in [1.29, 1.82) is 0 Å². The zero-order chi connectivity index (χ0) is 18.5. The van der Waals surface area contributed by atoms with Gasteiger partial charge in [-0.15, -0.1) is 0 Å². The van der Waals surface area contributed by atoms with Crippen LogP contribution in [-0.2, 0) is 19.1 Å². The number of benzene rings is 1. The Morgan fingerprint density at radius 1 is 0.960 bits per heavy atom. The minimum absolute atomic E-state index is 0.0550. The molecule has 0 spiro atoms. The summed E-state index contributed by atoms with van der Waals surface area (Å²) in [4.78, 5) is 35.5. The molecule has 0 fully saturated rings. The van der Waals surface area contributed by atoms with Gasteiger partial charge in [0.15, 0.2) is 0 Å². The molecule has 0 radical (unpaired) electrons. The predicted octanol–water partition coefficient (Wildman–Crippen LogP) is 2.77. The van der Waals surface area contributed by atoms with E-state index in [-0.39, 0.29) is 16.8 Å². The maximum atomic E-state index is 12.4. The van der Waals surface area contributed by atoms with Gasteiger partial charge in [-0.25, -0.2) is 9.59 Å². The summed E-state index contributed by atoms with van der Waals surface area (Å²) >= 11 is 0. The lowest BCUT2D eigenvalue weighted by molar-refractivity contribution is -0.384. The maximum absolute atomic E-state index is 12.4. The summed E-state index contributed by atoms with van der Waals surface area (Å²) in [6, 6.07) is 4.53. The molecule has 0 unspecified atom stereocenters. The van der Waals surface area contributed by atoms with Crippen molar-refractivity contribution in [3.8, 4) is 0 Å². The average Bonchev–Trinajstić information content (AvgIpc) is 2.62. The highest BCUT2D eigenvalue weighted by Crippen LogP contribution is 2.56. The van der Waals surface area contributed by atoms with Crippen molar-refractivity contribution < 1.29 is 24.0 Å². The Balaban J connectivity index is 2.33. The van der Waals surface area contributed by atoms with Crippen LogP contribution in [0.2, 0.25) is 0 Å². The Labute approximate surface area is 144 Å². The Morgan fingerprint density at radius 2 is 1.44 bits per heavy atom. The summed E-state index contributed by atoms with van der Waals surface area (Å²) in [7, 11) is 2.50. The van der Waals surface area contributed by atoms with Crippen LogP contribution in [0.15, 0.2) is 40.5 Å². The number of carbonyl (C=O) groups excluding carboxylic acids is 2. The number of ether oxygens (including phenoxy) is 2. The summed E-state index contributed by atoms with van der Waals surface area (Å²) in [5, 5.41) is 11.1. The fourth-order valence-corrected chi connectivity index (χ4v) is 3.84. The Kier molecular flexibility index (Phi) is 3.94. The first-order chi connectivity index (χ1) is 11.8. The number of methoxy groups -OCH3 is 2. The fraction of sp³-hybridized carbons (Fsp3) is 0.333. The van der Waals surface area contributed by atoms with Gasteiger partial charge in [-0.2, -0.15) is 0 Å². The Morgan fingerprint density at radius 3 is 1.88 bits per heavy atom. The normalized spacial score (nSPS) is 21.1. The number of non-ortho nitro benzene ring substituents is 1. The van der Waals surface area contributed by atoms with E-state index in [0.29, 0.717) is 5.56 Å². The summed E-state index contributed by atoms with van der Waals surface area (Å²) in [6.07, 6.45) is 0. The molecule has 0 aliphatic heterocycles. The molecular formula is C18H17NO6. The van der Waals surface area contributed by atoms with Crippen LogP contribution in [0.4, 0.5) is 5.69 Å². The van der Waals surface area contributed by atoms with Crippen LogP contribution in [0.25, 0.3) is 0 Å². The first kappa shape index (κ1) is 16.9. The molecule has 7 heteroatoms. The van der Waals surface area contributed by atoms with Crippen molar-refractivity contribution in [2.75, 3.05) is 14.2 Å². The van der Waals surface area contributed by atoms with E-state index >= 15 is 0 Å². The molecule has 0 N–H and O–H groups in total. The first-order valence-electron chi connectivity index (χ1n) is 7.69. The largest absolute Gasteiger partial charge is 0.466 e. The number of nitro benzene ring substituents is 1. The molecule has 0 heterocycles. The van der Waals surface area contributed by atoms with E-state index in [2.05, 4.69) is 0 Å². The average molecular weight is 343 g/mol. The van der Waals surface area contributed by atoms with E-state index < -0.39 is 28.7 Å². The van der Waals surface area contributed by atoms with Crippen molar-refractivity contribution in [1.82, 2.24) is 0 Å². The molecule has 1 aromatic rings. The summed E-state index contributed by atoms with van der Waals surface area (Å²) in [6.45, 7) is 3.76. The second-order valence-corrected chi connectivity index (χ2v) is 6.11. The SMILES string of the molecule is COC(=O)C1=C(C(=O)OC)[C@@H]2C(C)=C(C)[C@H]1c1cc([N+](=O)[O-])ccc12. The third-order valence-corrected chi connectivity index (χ3v) is 5.07. The van der Waals surface area contributed by atoms with E-state index in [1.54, 1.807) is 6.07 Å². The van der Waals surface area contributed by atoms with E-state index in [1.165, 1.54) is 26.4 Å². The number of allylic oxidation sites excluding steroid dienone is 2. The molecule has 3 aliphatic rings. The van der Waals surface area contributed by atoms with E-state index in [0.717, 1.165) is 16.7 Å². The van der Waals surface area contributed by atoms with E-state index in [1.807, 2.05) is 13.8 Å². The van der Waals surface area contributed by atoms with E-state index in [4.69, 9.17) is 9.47 Å². The van der Waals surface area contributed by atoms with Crippen LogP contribution in [0.1, 0.15) is 36.8 Å². The van der Waals surface area contributed by atoms with Gasteiger partial charge in [0.1, 0.15) is 0 Å². The van der Waals surface area contributed by atoms with Crippen molar-refractivity contribution in [3.05, 3.63) is 61.7 Å². The van der Waals surface area contributed by atoms with Crippen LogP contribution < -0.4 is 0 Å². The molecule has 25 heavy (non-hydrogen) atoms. The van der Waals surface area contributed by atoms with Crippen LogP contribution in [-0.4, -0.2) is 31.1 Å². The third-order valence-electron chi connectivity index (χ3n) is 5.07. The highest BCUT2D eigenvalue weighted by Gasteiger charge is 2.47. The lowest BCUT2D eigenvalue weighted by Crippen LogP contribution is -2.34. The number of esters is 2. The van der Waals surface area contributed by atoms with Crippen LogP contribution in [0.3, 0.4) is 0 Å². The van der Waals surface area contributed by atoms with Crippen LogP contribution in [0.5, 0.6) is 0 Å². The number of carbonyl (C=O) groups is 2. The second-order valence-electron chi connectivity index (χ2n) is 6.11.